The summed E-state index contributed by atoms with van der Waals surface area (Å²) in [6.45, 7) is 0. The Labute approximate surface area is 93.1 Å². The van der Waals surface area contributed by atoms with Crippen LogP contribution in [0.4, 0.5) is 0 Å². The molecule has 0 fully saturated rings. The van der Waals surface area contributed by atoms with Crippen molar-refractivity contribution in [2.24, 2.45) is 0 Å². The van der Waals surface area contributed by atoms with Crippen molar-refractivity contribution in [2.45, 2.75) is 0 Å². The monoisotopic (exact) mass is 220 g/mol. The van der Waals surface area contributed by atoms with Crippen molar-refractivity contribution in [2.75, 3.05) is 21.3 Å². The van der Waals surface area contributed by atoms with Gasteiger partial charge in [-0.3, -0.25) is 4.79 Å². The molecule has 0 aliphatic carbocycles. The number of methoxy groups -OCH3 is 3. The Morgan fingerprint density at radius 3 is 2.25 bits per heavy atom. The summed E-state index contributed by atoms with van der Waals surface area (Å²) in [7, 11) is 4.62. The first-order chi connectivity index (χ1) is 7.72. The third-order valence-electron chi connectivity index (χ3n) is 2.48. The Morgan fingerprint density at radius 2 is 1.75 bits per heavy atom. The first kappa shape index (κ1) is 10.5. The predicted octanol–water partition coefficient (Wildman–Crippen LogP) is 1.62. The molecule has 0 bridgehead atoms. The third-order valence-corrected chi connectivity index (χ3v) is 2.48. The largest absolute Gasteiger partial charge is 0.497 e. The summed E-state index contributed by atoms with van der Waals surface area (Å²) in [5.74, 6) is 1.71. The second-order valence-corrected chi connectivity index (χ2v) is 3.30. The highest BCUT2D eigenvalue weighted by Gasteiger charge is 2.28. The summed E-state index contributed by atoms with van der Waals surface area (Å²) >= 11 is 0. The van der Waals surface area contributed by atoms with E-state index < -0.39 is 0 Å². The molecule has 2 aromatic rings. The number of ether oxygens (including phenoxy) is 3. The Bertz CT molecular complexity index is 521. The molecule has 0 amide bonds. The molecule has 2 aromatic carbocycles. The van der Waals surface area contributed by atoms with Crippen LogP contribution in [0.3, 0.4) is 0 Å². The van der Waals surface area contributed by atoms with E-state index in [2.05, 4.69) is 0 Å². The zero-order chi connectivity index (χ0) is 11.7. The van der Waals surface area contributed by atoms with Crippen LogP contribution in [-0.4, -0.2) is 21.3 Å². The van der Waals surface area contributed by atoms with Crippen molar-refractivity contribution in [3.63, 3.8) is 0 Å². The quantitative estimate of drug-likeness (QED) is 0.785. The highest BCUT2D eigenvalue weighted by atomic mass is 16.5. The standard InChI is InChI=1S/C12H12O4/c1-14-7-4-5-9(15-2)8(6-7)10-11(13)12(10)16-3/h4-6H,1-3H3. The fourth-order valence-electron chi connectivity index (χ4n) is 1.60. The topological polar surface area (TPSA) is 44.8 Å². The molecule has 0 atom stereocenters. The molecule has 0 radical (unpaired) electrons. The summed E-state index contributed by atoms with van der Waals surface area (Å²) < 4.78 is 15.2. The van der Waals surface area contributed by atoms with Crippen LogP contribution in [0.15, 0.2) is 23.0 Å². The SMILES string of the molecule is COc1ccc(OC)c(-c2c(OC)c2=O)c1. The lowest BCUT2D eigenvalue weighted by atomic mass is 10.1. The van der Waals surface area contributed by atoms with Gasteiger partial charge >= 0.3 is 0 Å². The second-order valence-electron chi connectivity index (χ2n) is 3.30. The summed E-state index contributed by atoms with van der Waals surface area (Å²) in [6.07, 6.45) is 0. The van der Waals surface area contributed by atoms with Gasteiger partial charge in [0.25, 0.3) is 0 Å². The minimum Gasteiger partial charge on any atom is -0.497 e. The summed E-state index contributed by atoms with van der Waals surface area (Å²) in [6, 6.07) is 5.31. The normalized spacial score (nSPS) is 10.4. The van der Waals surface area contributed by atoms with Crippen LogP contribution in [0.5, 0.6) is 17.2 Å². The molecule has 0 saturated heterocycles. The summed E-state index contributed by atoms with van der Waals surface area (Å²) in [5, 5.41) is 0. The lowest BCUT2D eigenvalue weighted by molar-refractivity contribution is 0.404. The molecule has 4 nitrogen and oxygen atoms in total. The third kappa shape index (κ3) is 1.52. The summed E-state index contributed by atoms with van der Waals surface area (Å²) in [4.78, 5) is 11.4. The summed E-state index contributed by atoms with van der Waals surface area (Å²) in [5.41, 5.74) is 1.20. The van der Waals surface area contributed by atoms with Crippen molar-refractivity contribution in [3.8, 4) is 28.4 Å². The lowest BCUT2D eigenvalue weighted by Crippen LogP contribution is -1.89. The lowest BCUT2D eigenvalue weighted by Gasteiger charge is -2.06. The molecule has 0 saturated carbocycles. The van der Waals surface area contributed by atoms with Crippen molar-refractivity contribution in [1.29, 1.82) is 0 Å². The van der Waals surface area contributed by atoms with Gasteiger partial charge in [0.15, 0.2) is 5.75 Å². The maximum Gasteiger partial charge on any atom is 0.232 e. The Kier molecular flexibility index (Phi) is 2.56. The molecule has 2 rings (SSSR count). The van der Waals surface area contributed by atoms with Crippen LogP contribution in [0.1, 0.15) is 0 Å². The average molecular weight is 220 g/mol. The fraction of sp³-hybridized carbons (Fsp3) is 0.250. The minimum atomic E-state index is -0.0750. The van der Waals surface area contributed by atoms with Crippen LogP contribution in [-0.2, 0) is 0 Å². The maximum absolute atomic E-state index is 11.4. The van der Waals surface area contributed by atoms with Crippen LogP contribution >= 0.6 is 0 Å². The van der Waals surface area contributed by atoms with E-state index in [0.717, 1.165) is 0 Å². The molecule has 0 aliphatic heterocycles. The predicted molar refractivity (Wildman–Crippen MR) is 60.2 cm³/mol. The zero-order valence-electron chi connectivity index (χ0n) is 9.37. The molecule has 0 spiro atoms. The molecular formula is C12H12O4. The highest BCUT2D eigenvalue weighted by molar-refractivity contribution is 5.85. The molecule has 4 heteroatoms. The van der Waals surface area contributed by atoms with Gasteiger partial charge in [-0.2, -0.15) is 0 Å². The van der Waals surface area contributed by atoms with E-state index >= 15 is 0 Å². The zero-order valence-corrected chi connectivity index (χ0v) is 9.37. The molecule has 0 unspecified atom stereocenters. The maximum atomic E-state index is 11.4. The van der Waals surface area contributed by atoms with Gasteiger partial charge in [-0.05, 0) is 18.2 Å². The molecule has 0 N–H and O–H groups in total. The second kappa shape index (κ2) is 3.89. The van der Waals surface area contributed by atoms with Gasteiger partial charge in [0, 0.05) is 5.56 Å². The van der Waals surface area contributed by atoms with E-state index in [4.69, 9.17) is 14.2 Å². The first-order valence-corrected chi connectivity index (χ1v) is 4.78. The van der Waals surface area contributed by atoms with Crippen LogP contribution in [0, 0.1) is 0 Å². The van der Waals surface area contributed by atoms with Crippen LogP contribution < -0.4 is 19.6 Å². The number of hydrogen-bond donors (Lipinski definition) is 0. The van der Waals surface area contributed by atoms with Gasteiger partial charge in [0.1, 0.15) is 11.5 Å². The van der Waals surface area contributed by atoms with Crippen LogP contribution in [0.25, 0.3) is 11.1 Å². The fourth-order valence-corrected chi connectivity index (χ4v) is 1.60. The first-order valence-electron chi connectivity index (χ1n) is 4.78. The molecule has 16 heavy (non-hydrogen) atoms. The minimum absolute atomic E-state index is 0.0750. The van der Waals surface area contributed by atoms with E-state index in [-0.39, 0.29) is 5.43 Å². The van der Waals surface area contributed by atoms with E-state index in [1.54, 1.807) is 32.4 Å². The van der Waals surface area contributed by atoms with Crippen molar-refractivity contribution in [3.05, 3.63) is 28.4 Å². The highest BCUT2D eigenvalue weighted by Crippen LogP contribution is 2.40. The molecular weight excluding hydrogens is 208 g/mol. The smallest absolute Gasteiger partial charge is 0.232 e. The Balaban J connectivity index is 2.49. The van der Waals surface area contributed by atoms with Gasteiger partial charge < -0.3 is 14.2 Å². The number of hydrogen-bond acceptors (Lipinski definition) is 4. The molecule has 0 aromatic heterocycles. The Hall–Kier alpha value is -1.97. The van der Waals surface area contributed by atoms with Gasteiger partial charge in [-0.15, -0.1) is 0 Å². The van der Waals surface area contributed by atoms with E-state index in [9.17, 15) is 4.79 Å². The van der Waals surface area contributed by atoms with Crippen molar-refractivity contribution in [1.82, 2.24) is 0 Å². The average Bonchev–Trinajstić information content (AvgIpc) is 2.98. The van der Waals surface area contributed by atoms with Crippen molar-refractivity contribution < 1.29 is 14.2 Å². The molecule has 0 aliphatic rings. The number of benzene rings is 1. The van der Waals surface area contributed by atoms with E-state index in [1.807, 2.05) is 0 Å². The van der Waals surface area contributed by atoms with Crippen molar-refractivity contribution >= 4 is 0 Å². The molecule has 84 valence electrons. The van der Waals surface area contributed by atoms with Crippen LogP contribution in [0.2, 0.25) is 0 Å². The number of rotatable bonds is 4. The van der Waals surface area contributed by atoms with Gasteiger partial charge in [-0.1, -0.05) is 0 Å². The van der Waals surface area contributed by atoms with Gasteiger partial charge in [0.05, 0.1) is 26.9 Å². The van der Waals surface area contributed by atoms with E-state index in [0.29, 0.717) is 28.4 Å². The van der Waals surface area contributed by atoms with E-state index in [1.165, 1.54) is 7.11 Å². The Morgan fingerprint density at radius 1 is 1.00 bits per heavy atom. The molecule has 0 heterocycles. The van der Waals surface area contributed by atoms with Gasteiger partial charge in [0.2, 0.25) is 5.43 Å². The van der Waals surface area contributed by atoms with Gasteiger partial charge in [-0.25, -0.2) is 0 Å².